The minimum Gasteiger partial charge on any atom is -0.370 e. The summed E-state index contributed by atoms with van der Waals surface area (Å²) in [5, 5.41) is 3.24. The van der Waals surface area contributed by atoms with Crippen molar-refractivity contribution in [3.63, 3.8) is 0 Å². The van der Waals surface area contributed by atoms with E-state index in [-0.39, 0.29) is 18.3 Å². The predicted octanol–water partition coefficient (Wildman–Crippen LogP) is 0.283. The summed E-state index contributed by atoms with van der Waals surface area (Å²) in [6.45, 7) is 2.16. The number of hydrogen-bond acceptors (Lipinski definition) is 2. The molecule has 0 saturated carbocycles. The quantitative estimate of drug-likeness (QED) is 0.653. The molecule has 0 aliphatic carbocycles. The van der Waals surface area contributed by atoms with Crippen molar-refractivity contribution in [3.05, 3.63) is 0 Å². The highest BCUT2D eigenvalue weighted by Crippen LogP contribution is 2.13. The van der Waals surface area contributed by atoms with E-state index in [2.05, 4.69) is 5.32 Å². The minimum absolute atomic E-state index is 0. The van der Waals surface area contributed by atoms with Gasteiger partial charge in [-0.15, -0.1) is 12.4 Å². The van der Waals surface area contributed by atoms with Crippen molar-refractivity contribution in [1.82, 2.24) is 5.32 Å². The summed E-state index contributed by atoms with van der Waals surface area (Å²) < 4.78 is 0. The van der Waals surface area contributed by atoms with Gasteiger partial charge < -0.3 is 11.1 Å². The average Bonchev–Trinajstić information content (AvgIpc) is 2.34. The second kappa shape index (κ2) is 5.38. The van der Waals surface area contributed by atoms with E-state index in [0.29, 0.717) is 12.3 Å². The number of halogens is 1. The Morgan fingerprint density at radius 3 is 2.82 bits per heavy atom. The molecule has 0 aromatic rings. The van der Waals surface area contributed by atoms with Gasteiger partial charge in [-0.05, 0) is 31.8 Å². The maximum atomic E-state index is 10.4. The largest absolute Gasteiger partial charge is 0.370 e. The number of nitrogens with two attached hydrogens (primary N) is 1. The molecule has 4 heteroatoms. The molecule has 11 heavy (non-hydrogen) atoms. The molecule has 1 fully saturated rings. The highest BCUT2D eigenvalue weighted by atomic mass is 35.5. The lowest BCUT2D eigenvalue weighted by molar-refractivity contribution is -0.118. The molecule has 1 unspecified atom stereocenters. The average molecular weight is 179 g/mol. The molecule has 0 spiro atoms. The molecule has 0 aromatic carbocycles. The fourth-order valence-electron chi connectivity index (χ4n) is 1.31. The molecule has 1 rings (SSSR count). The van der Waals surface area contributed by atoms with Gasteiger partial charge >= 0.3 is 0 Å². The van der Waals surface area contributed by atoms with E-state index in [1.54, 1.807) is 0 Å². The predicted molar refractivity (Wildman–Crippen MR) is 46.7 cm³/mol. The van der Waals surface area contributed by atoms with E-state index in [4.69, 9.17) is 5.73 Å². The zero-order valence-electron chi connectivity index (χ0n) is 6.51. The standard InChI is InChI=1S/C7H14N2O.ClH/c8-7(10)2-1-6-3-4-9-5-6;/h6,9H,1-5H2,(H2,8,10);1H. The molecule has 1 saturated heterocycles. The monoisotopic (exact) mass is 178 g/mol. The van der Waals surface area contributed by atoms with E-state index in [9.17, 15) is 4.79 Å². The van der Waals surface area contributed by atoms with Crippen molar-refractivity contribution in [2.45, 2.75) is 19.3 Å². The first kappa shape index (κ1) is 10.7. The lowest BCUT2D eigenvalue weighted by atomic mass is 10.0. The van der Waals surface area contributed by atoms with Crippen LogP contribution in [0.2, 0.25) is 0 Å². The van der Waals surface area contributed by atoms with Gasteiger partial charge in [-0.1, -0.05) is 0 Å². The fraction of sp³-hybridized carbons (Fsp3) is 0.857. The minimum atomic E-state index is -0.174. The smallest absolute Gasteiger partial charge is 0.217 e. The van der Waals surface area contributed by atoms with Crippen LogP contribution in [0.3, 0.4) is 0 Å². The van der Waals surface area contributed by atoms with E-state index in [1.807, 2.05) is 0 Å². The summed E-state index contributed by atoms with van der Waals surface area (Å²) in [6, 6.07) is 0. The van der Waals surface area contributed by atoms with Crippen molar-refractivity contribution in [2.24, 2.45) is 11.7 Å². The van der Waals surface area contributed by atoms with E-state index < -0.39 is 0 Å². The highest BCUT2D eigenvalue weighted by molar-refractivity contribution is 5.85. The Morgan fingerprint density at radius 2 is 2.36 bits per heavy atom. The maximum absolute atomic E-state index is 10.4. The molecule has 3 nitrogen and oxygen atoms in total. The second-order valence-corrected chi connectivity index (χ2v) is 2.86. The summed E-state index contributed by atoms with van der Waals surface area (Å²) in [5.74, 6) is 0.513. The molecule has 0 bridgehead atoms. The summed E-state index contributed by atoms with van der Waals surface area (Å²) in [4.78, 5) is 10.4. The van der Waals surface area contributed by atoms with Crippen LogP contribution in [0.25, 0.3) is 0 Å². The summed E-state index contributed by atoms with van der Waals surface area (Å²) >= 11 is 0. The van der Waals surface area contributed by atoms with Crippen LogP contribution in [0, 0.1) is 5.92 Å². The van der Waals surface area contributed by atoms with E-state index >= 15 is 0 Å². The third kappa shape index (κ3) is 4.22. The maximum Gasteiger partial charge on any atom is 0.217 e. The molecule has 0 radical (unpaired) electrons. The fourth-order valence-corrected chi connectivity index (χ4v) is 1.31. The zero-order chi connectivity index (χ0) is 7.40. The lowest BCUT2D eigenvalue weighted by Crippen LogP contribution is -2.14. The Labute approximate surface area is 73.1 Å². The number of rotatable bonds is 3. The van der Waals surface area contributed by atoms with Gasteiger partial charge in [-0.25, -0.2) is 0 Å². The van der Waals surface area contributed by atoms with Crippen LogP contribution in [-0.2, 0) is 4.79 Å². The summed E-state index contributed by atoms with van der Waals surface area (Å²) in [6.07, 6.45) is 2.71. The Balaban J connectivity index is 0.000001000. The third-order valence-corrected chi connectivity index (χ3v) is 1.96. The molecule has 0 aromatic heterocycles. The van der Waals surface area contributed by atoms with Crippen LogP contribution in [0.4, 0.5) is 0 Å². The van der Waals surface area contributed by atoms with Crippen molar-refractivity contribution >= 4 is 18.3 Å². The van der Waals surface area contributed by atoms with Gasteiger partial charge in [0.2, 0.25) is 5.91 Å². The number of nitrogens with one attached hydrogen (secondary N) is 1. The van der Waals surface area contributed by atoms with Crippen LogP contribution >= 0.6 is 12.4 Å². The normalized spacial score (nSPS) is 22.7. The number of carbonyl (C=O) groups is 1. The van der Waals surface area contributed by atoms with Gasteiger partial charge in [-0.2, -0.15) is 0 Å². The van der Waals surface area contributed by atoms with Gasteiger partial charge in [0.15, 0.2) is 0 Å². The first-order chi connectivity index (χ1) is 4.79. The Kier molecular flexibility index (Phi) is 5.24. The number of primary amides is 1. The molecule has 1 aliphatic heterocycles. The van der Waals surface area contributed by atoms with Crippen LogP contribution in [0.5, 0.6) is 0 Å². The van der Waals surface area contributed by atoms with E-state index in [0.717, 1.165) is 19.5 Å². The third-order valence-electron chi connectivity index (χ3n) is 1.96. The van der Waals surface area contributed by atoms with Gasteiger partial charge in [0.05, 0.1) is 0 Å². The van der Waals surface area contributed by atoms with Crippen molar-refractivity contribution in [2.75, 3.05) is 13.1 Å². The SMILES string of the molecule is Cl.NC(=O)CCC1CCNC1. The van der Waals surface area contributed by atoms with Crippen LogP contribution < -0.4 is 11.1 Å². The van der Waals surface area contributed by atoms with Gasteiger partial charge in [-0.3, -0.25) is 4.79 Å². The van der Waals surface area contributed by atoms with Gasteiger partial charge in [0.1, 0.15) is 0 Å². The molecule has 1 aliphatic rings. The molecule has 66 valence electrons. The van der Waals surface area contributed by atoms with Crippen LogP contribution in [0.15, 0.2) is 0 Å². The van der Waals surface area contributed by atoms with Gasteiger partial charge in [0, 0.05) is 6.42 Å². The Morgan fingerprint density at radius 1 is 1.64 bits per heavy atom. The second-order valence-electron chi connectivity index (χ2n) is 2.86. The van der Waals surface area contributed by atoms with Crippen LogP contribution in [0.1, 0.15) is 19.3 Å². The van der Waals surface area contributed by atoms with E-state index in [1.165, 1.54) is 6.42 Å². The number of hydrogen-bond donors (Lipinski definition) is 2. The number of amides is 1. The summed E-state index contributed by atoms with van der Waals surface area (Å²) in [7, 11) is 0. The molecular weight excluding hydrogens is 164 g/mol. The summed E-state index contributed by atoms with van der Waals surface area (Å²) in [5.41, 5.74) is 5.01. The van der Waals surface area contributed by atoms with Crippen LogP contribution in [-0.4, -0.2) is 19.0 Å². The topological polar surface area (TPSA) is 55.1 Å². The lowest BCUT2D eigenvalue weighted by Gasteiger charge is -2.03. The first-order valence-corrected chi connectivity index (χ1v) is 3.78. The molecule has 1 amide bonds. The van der Waals surface area contributed by atoms with Crippen molar-refractivity contribution in [3.8, 4) is 0 Å². The molecule has 3 N–H and O–H groups in total. The zero-order valence-corrected chi connectivity index (χ0v) is 7.32. The highest BCUT2D eigenvalue weighted by Gasteiger charge is 2.14. The van der Waals surface area contributed by atoms with Gasteiger partial charge in [0.25, 0.3) is 0 Å². The Hall–Kier alpha value is -0.280. The Bertz CT molecular complexity index is 124. The van der Waals surface area contributed by atoms with Crippen molar-refractivity contribution in [1.29, 1.82) is 0 Å². The molecular formula is C7H15ClN2O. The molecule has 1 heterocycles. The molecule has 1 atom stereocenters. The first-order valence-electron chi connectivity index (χ1n) is 3.78. The van der Waals surface area contributed by atoms with Crippen molar-refractivity contribution < 1.29 is 4.79 Å². The number of carbonyl (C=O) groups excluding carboxylic acids is 1.